The summed E-state index contributed by atoms with van der Waals surface area (Å²) in [5, 5.41) is 10.4. The first-order valence-corrected chi connectivity index (χ1v) is 6.72. The van der Waals surface area contributed by atoms with Crippen LogP contribution in [0.25, 0.3) is 0 Å². The Kier molecular flexibility index (Phi) is 2.52. The second-order valence-electron chi connectivity index (χ2n) is 6.04. The predicted octanol–water partition coefficient (Wildman–Crippen LogP) is 2.17. The summed E-state index contributed by atoms with van der Waals surface area (Å²) in [6, 6.07) is 0.829. The molecular formula is C13H23NO. The van der Waals surface area contributed by atoms with Crippen LogP contribution in [0.2, 0.25) is 0 Å². The molecule has 0 saturated heterocycles. The molecule has 3 fully saturated rings. The minimum Gasteiger partial charge on any atom is -0.389 e. The summed E-state index contributed by atoms with van der Waals surface area (Å²) < 4.78 is 0. The average molecular weight is 209 g/mol. The molecule has 3 aliphatic carbocycles. The molecule has 0 bridgehead atoms. The highest BCUT2D eigenvalue weighted by Crippen LogP contribution is 2.38. The molecule has 2 heteroatoms. The Morgan fingerprint density at radius 3 is 2.27 bits per heavy atom. The Bertz CT molecular complexity index is 227. The first-order chi connectivity index (χ1) is 7.25. The molecule has 1 N–H and O–H groups in total. The van der Waals surface area contributed by atoms with Crippen molar-refractivity contribution in [1.82, 2.24) is 4.90 Å². The van der Waals surface area contributed by atoms with Crippen LogP contribution in [-0.4, -0.2) is 34.7 Å². The minimum atomic E-state index is -0.322. The monoisotopic (exact) mass is 209 g/mol. The quantitative estimate of drug-likeness (QED) is 0.750. The van der Waals surface area contributed by atoms with E-state index in [2.05, 4.69) is 4.90 Å². The van der Waals surface area contributed by atoms with Crippen molar-refractivity contribution in [2.75, 3.05) is 13.1 Å². The van der Waals surface area contributed by atoms with E-state index in [9.17, 15) is 5.11 Å². The molecule has 2 nitrogen and oxygen atoms in total. The molecule has 0 heterocycles. The molecule has 0 amide bonds. The van der Waals surface area contributed by atoms with Gasteiger partial charge >= 0.3 is 0 Å². The Hall–Kier alpha value is -0.0800. The standard InChI is InChI=1S/C13H23NO/c15-13(7-1-2-8-13)10-14(12-5-6-12)9-11-3-4-11/h11-12,15H,1-10H2. The van der Waals surface area contributed by atoms with Gasteiger partial charge in [0.25, 0.3) is 0 Å². The first kappa shape index (κ1) is 10.1. The first-order valence-electron chi connectivity index (χ1n) is 6.72. The zero-order valence-electron chi connectivity index (χ0n) is 9.62. The van der Waals surface area contributed by atoms with Gasteiger partial charge in [0.15, 0.2) is 0 Å². The second kappa shape index (κ2) is 3.74. The van der Waals surface area contributed by atoms with Gasteiger partial charge in [-0.25, -0.2) is 0 Å². The number of nitrogens with zero attached hydrogens (tertiary/aromatic N) is 1. The van der Waals surface area contributed by atoms with Gasteiger partial charge in [-0.2, -0.15) is 0 Å². The van der Waals surface area contributed by atoms with Crippen LogP contribution in [0.4, 0.5) is 0 Å². The fourth-order valence-electron chi connectivity index (χ4n) is 2.98. The fraction of sp³-hybridized carbons (Fsp3) is 1.00. The van der Waals surface area contributed by atoms with Gasteiger partial charge in [-0.05, 0) is 44.4 Å². The topological polar surface area (TPSA) is 23.5 Å². The van der Waals surface area contributed by atoms with Gasteiger partial charge in [0.1, 0.15) is 0 Å². The molecule has 15 heavy (non-hydrogen) atoms. The number of hydrogen-bond donors (Lipinski definition) is 1. The van der Waals surface area contributed by atoms with Crippen molar-refractivity contribution in [1.29, 1.82) is 0 Å². The molecule has 0 atom stereocenters. The highest BCUT2D eigenvalue weighted by Gasteiger charge is 2.39. The Morgan fingerprint density at radius 2 is 1.73 bits per heavy atom. The van der Waals surface area contributed by atoms with Crippen LogP contribution in [-0.2, 0) is 0 Å². The third-order valence-corrected chi connectivity index (χ3v) is 4.28. The fourth-order valence-corrected chi connectivity index (χ4v) is 2.98. The average Bonchev–Trinajstić information content (AvgIpc) is 3.07. The van der Waals surface area contributed by atoms with E-state index in [0.29, 0.717) is 0 Å². The minimum absolute atomic E-state index is 0.322. The van der Waals surface area contributed by atoms with E-state index >= 15 is 0 Å². The van der Waals surface area contributed by atoms with E-state index in [0.717, 1.165) is 31.3 Å². The smallest absolute Gasteiger partial charge is 0.0774 e. The molecule has 86 valence electrons. The molecule has 3 aliphatic rings. The van der Waals surface area contributed by atoms with Gasteiger partial charge in [-0.15, -0.1) is 0 Å². The van der Waals surface area contributed by atoms with Crippen LogP contribution in [0.3, 0.4) is 0 Å². The zero-order chi connectivity index (χ0) is 10.3. The maximum atomic E-state index is 10.4. The van der Waals surface area contributed by atoms with E-state index in [-0.39, 0.29) is 5.60 Å². The van der Waals surface area contributed by atoms with Crippen molar-refractivity contribution < 1.29 is 5.11 Å². The highest BCUT2D eigenvalue weighted by molar-refractivity contribution is 4.94. The number of rotatable bonds is 5. The molecule has 0 spiro atoms. The highest BCUT2D eigenvalue weighted by atomic mass is 16.3. The summed E-state index contributed by atoms with van der Waals surface area (Å²) in [7, 11) is 0. The van der Waals surface area contributed by atoms with Crippen LogP contribution in [0.15, 0.2) is 0 Å². The van der Waals surface area contributed by atoms with E-state index < -0.39 is 0 Å². The molecular weight excluding hydrogens is 186 g/mol. The van der Waals surface area contributed by atoms with Crippen LogP contribution in [0.5, 0.6) is 0 Å². The number of aliphatic hydroxyl groups is 1. The molecule has 0 aromatic carbocycles. The summed E-state index contributed by atoms with van der Waals surface area (Å²) in [6.45, 7) is 2.24. The molecule has 3 saturated carbocycles. The maximum Gasteiger partial charge on any atom is 0.0774 e. The molecule has 0 unspecified atom stereocenters. The molecule has 0 radical (unpaired) electrons. The van der Waals surface area contributed by atoms with Gasteiger partial charge in [0, 0.05) is 19.1 Å². The van der Waals surface area contributed by atoms with Gasteiger partial charge in [-0.1, -0.05) is 12.8 Å². The lowest BCUT2D eigenvalue weighted by Crippen LogP contribution is -2.43. The third kappa shape index (κ3) is 2.54. The summed E-state index contributed by atoms with van der Waals surface area (Å²) in [4.78, 5) is 2.60. The van der Waals surface area contributed by atoms with Crippen molar-refractivity contribution in [3.05, 3.63) is 0 Å². The molecule has 0 aliphatic heterocycles. The molecule has 3 rings (SSSR count). The number of hydrogen-bond acceptors (Lipinski definition) is 2. The van der Waals surface area contributed by atoms with Crippen molar-refractivity contribution in [2.24, 2.45) is 5.92 Å². The largest absolute Gasteiger partial charge is 0.389 e. The van der Waals surface area contributed by atoms with Gasteiger partial charge < -0.3 is 5.11 Å². The van der Waals surface area contributed by atoms with Crippen molar-refractivity contribution >= 4 is 0 Å². The van der Waals surface area contributed by atoms with Gasteiger partial charge in [0.2, 0.25) is 0 Å². The van der Waals surface area contributed by atoms with Crippen LogP contribution >= 0.6 is 0 Å². The summed E-state index contributed by atoms with van der Waals surface area (Å²) in [6.07, 6.45) is 10.2. The summed E-state index contributed by atoms with van der Waals surface area (Å²) >= 11 is 0. The predicted molar refractivity (Wildman–Crippen MR) is 60.7 cm³/mol. The normalized spacial score (nSPS) is 30.0. The van der Waals surface area contributed by atoms with E-state index in [1.807, 2.05) is 0 Å². The van der Waals surface area contributed by atoms with Crippen molar-refractivity contribution in [3.8, 4) is 0 Å². The van der Waals surface area contributed by atoms with E-state index in [1.54, 1.807) is 0 Å². The van der Waals surface area contributed by atoms with E-state index in [1.165, 1.54) is 45.1 Å². The van der Waals surface area contributed by atoms with Crippen LogP contribution < -0.4 is 0 Å². The van der Waals surface area contributed by atoms with Gasteiger partial charge in [0.05, 0.1) is 5.60 Å². The van der Waals surface area contributed by atoms with Crippen molar-refractivity contribution in [2.45, 2.75) is 63.0 Å². The molecule has 0 aromatic heterocycles. The lowest BCUT2D eigenvalue weighted by molar-refractivity contribution is 0.00556. The van der Waals surface area contributed by atoms with Crippen LogP contribution in [0, 0.1) is 5.92 Å². The Morgan fingerprint density at radius 1 is 1.07 bits per heavy atom. The third-order valence-electron chi connectivity index (χ3n) is 4.28. The second-order valence-corrected chi connectivity index (χ2v) is 6.04. The Labute approximate surface area is 92.7 Å². The lowest BCUT2D eigenvalue weighted by Gasteiger charge is -2.31. The lowest BCUT2D eigenvalue weighted by atomic mass is 10.0. The van der Waals surface area contributed by atoms with Gasteiger partial charge in [-0.3, -0.25) is 4.90 Å². The zero-order valence-corrected chi connectivity index (χ0v) is 9.62. The maximum absolute atomic E-state index is 10.4. The van der Waals surface area contributed by atoms with Crippen molar-refractivity contribution in [3.63, 3.8) is 0 Å². The van der Waals surface area contributed by atoms with E-state index in [4.69, 9.17) is 0 Å². The Balaban J connectivity index is 1.56. The summed E-state index contributed by atoms with van der Waals surface area (Å²) in [5.74, 6) is 0.968. The van der Waals surface area contributed by atoms with Crippen LogP contribution in [0.1, 0.15) is 51.4 Å². The summed E-state index contributed by atoms with van der Waals surface area (Å²) in [5.41, 5.74) is -0.322. The SMILES string of the molecule is OC1(CN(CC2CC2)C2CC2)CCCC1. The molecule has 0 aromatic rings.